The zero-order chi connectivity index (χ0) is 21.1. The first-order chi connectivity index (χ1) is 14.3. The highest BCUT2D eigenvalue weighted by Crippen LogP contribution is 2.47. The molecule has 0 radical (unpaired) electrons. The number of allylic oxidation sites excluding steroid dienone is 3. The summed E-state index contributed by atoms with van der Waals surface area (Å²) < 4.78 is 12.6. The van der Waals surface area contributed by atoms with Crippen molar-refractivity contribution in [2.24, 2.45) is 11.8 Å². The molecule has 2 aliphatic carbocycles. The minimum atomic E-state index is -0.367. The first kappa shape index (κ1) is 19.7. The molecule has 1 fully saturated rings. The fourth-order valence-corrected chi connectivity index (χ4v) is 5.12. The van der Waals surface area contributed by atoms with Crippen molar-refractivity contribution < 1.29 is 9.31 Å². The molecule has 0 amide bonds. The number of nitrogens with zero attached hydrogens (tertiary/aromatic N) is 2. The minimum Gasteiger partial charge on any atom is -0.399 e. The molecule has 0 N–H and O–H groups in total. The van der Waals surface area contributed by atoms with E-state index in [4.69, 9.17) is 9.31 Å². The zero-order valence-corrected chi connectivity index (χ0v) is 18.3. The Balaban J connectivity index is 1.51. The molecule has 3 unspecified atom stereocenters. The lowest BCUT2D eigenvalue weighted by atomic mass is 9.78. The number of nitriles is 1. The number of hydrogen-bond donors (Lipinski definition) is 0. The van der Waals surface area contributed by atoms with E-state index in [1.165, 1.54) is 11.3 Å². The third kappa shape index (κ3) is 2.97. The number of fused-ring (bicyclic) bond motifs is 2. The predicted molar refractivity (Wildman–Crippen MR) is 120 cm³/mol. The Labute approximate surface area is 180 Å². The molecular weight excluding hydrogens is 371 g/mol. The van der Waals surface area contributed by atoms with Crippen LogP contribution in [0.1, 0.15) is 47.0 Å². The Hall–Kier alpha value is -2.29. The third-order valence-electron chi connectivity index (χ3n) is 7.49. The smallest absolute Gasteiger partial charge is 0.399 e. The summed E-state index contributed by atoms with van der Waals surface area (Å²) in [4.78, 5) is 2.45. The fraction of sp³-hybridized carbons (Fsp3) is 0.480. The Morgan fingerprint density at radius 3 is 2.63 bits per heavy atom. The largest absolute Gasteiger partial charge is 0.494 e. The molecule has 1 aromatic carbocycles. The molecule has 2 aliphatic heterocycles. The summed E-state index contributed by atoms with van der Waals surface area (Å²) in [6.45, 7) is 8.35. The van der Waals surface area contributed by atoms with Crippen molar-refractivity contribution in [3.8, 4) is 6.07 Å². The van der Waals surface area contributed by atoms with E-state index in [1.807, 2.05) is 0 Å². The molecule has 1 aromatic rings. The number of benzene rings is 1. The quantitative estimate of drug-likeness (QED) is 0.542. The van der Waals surface area contributed by atoms with Crippen molar-refractivity contribution in [3.63, 3.8) is 0 Å². The second-order valence-corrected chi connectivity index (χ2v) is 9.87. The molecule has 0 bridgehead atoms. The van der Waals surface area contributed by atoms with E-state index in [-0.39, 0.29) is 24.2 Å². The second kappa shape index (κ2) is 6.87. The molecule has 2 heterocycles. The first-order valence-electron chi connectivity index (χ1n) is 11.0. The van der Waals surface area contributed by atoms with Crippen molar-refractivity contribution in [3.05, 3.63) is 59.8 Å². The number of anilines is 1. The van der Waals surface area contributed by atoms with Crippen molar-refractivity contribution in [2.75, 3.05) is 4.90 Å². The molecule has 4 nitrogen and oxygen atoms in total. The van der Waals surface area contributed by atoms with E-state index in [1.54, 1.807) is 0 Å². The van der Waals surface area contributed by atoms with Gasteiger partial charge in [-0.25, -0.2) is 0 Å². The van der Waals surface area contributed by atoms with Gasteiger partial charge in [0.1, 0.15) is 0 Å². The highest BCUT2D eigenvalue weighted by atomic mass is 16.7. The summed E-state index contributed by atoms with van der Waals surface area (Å²) in [5.74, 6) is 0.484. The highest BCUT2D eigenvalue weighted by Gasteiger charge is 2.52. The lowest BCUT2D eigenvalue weighted by molar-refractivity contribution is 0.00578. The Bertz CT molecular complexity index is 985. The van der Waals surface area contributed by atoms with E-state index in [2.05, 4.69) is 87.2 Å². The van der Waals surface area contributed by atoms with Gasteiger partial charge in [-0.15, -0.1) is 0 Å². The van der Waals surface area contributed by atoms with Crippen LogP contribution in [0.3, 0.4) is 0 Å². The zero-order valence-electron chi connectivity index (χ0n) is 18.3. The standard InChI is InChI=1S/C25H29BN2O2/c1-24(2)25(3,4)30-26(29-24)18-8-7-9-19(15-18)28-22-11-6-5-10-20(22)21-14-17(16-27)12-13-23(21)28/h6-9,11-13,15,17,20,22H,5,10,14H2,1-4H3. The van der Waals surface area contributed by atoms with E-state index < -0.39 is 0 Å². The van der Waals surface area contributed by atoms with E-state index in [9.17, 15) is 5.26 Å². The second-order valence-electron chi connectivity index (χ2n) is 9.87. The van der Waals surface area contributed by atoms with Crippen LogP contribution in [0, 0.1) is 23.2 Å². The molecule has 5 rings (SSSR count). The number of rotatable bonds is 2. The minimum absolute atomic E-state index is 0.00802. The summed E-state index contributed by atoms with van der Waals surface area (Å²) in [5, 5.41) is 9.45. The van der Waals surface area contributed by atoms with Crippen LogP contribution >= 0.6 is 0 Å². The van der Waals surface area contributed by atoms with Gasteiger partial charge in [-0.1, -0.05) is 30.4 Å². The summed E-state index contributed by atoms with van der Waals surface area (Å²) in [6.07, 6.45) is 12.0. The Morgan fingerprint density at radius 1 is 1.13 bits per heavy atom. The van der Waals surface area contributed by atoms with Crippen LogP contribution < -0.4 is 10.4 Å². The molecule has 154 valence electrons. The summed E-state index contributed by atoms with van der Waals surface area (Å²) >= 11 is 0. The lowest BCUT2D eigenvalue weighted by Crippen LogP contribution is -2.41. The third-order valence-corrected chi connectivity index (χ3v) is 7.49. The maximum atomic E-state index is 9.45. The fourth-order valence-electron chi connectivity index (χ4n) is 5.12. The van der Waals surface area contributed by atoms with Gasteiger partial charge in [-0.2, -0.15) is 5.26 Å². The van der Waals surface area contributed by atoms with Gasteiger partial charge in [0.2, 0.25) is 0 Å². The average molecular weight is 400 g/mol. The summed E-state index contributed by atoms with van der Waals surface area (Å²) in [6, 6.07) is 11.3. The highest BCUT2D eigenvalue weighted by molar-refractivity contribution is 6.62. The van der Waals surface area contributed by atoms with Gasteiger partial charge >= 0.3 is 7.12 Å². The maximum Gasteiger partial charge on any atom is 0.494 e. The predicted octanol–water partition coefficient (Wildman–Crippen LogP) is 4.49. The lowest BCUT2D eigenvalue weighted by Gasteiger charge is -2.32. The molecule has 1 saturated heterocycles. The SMILES string of the molecule is CC1(C)OB(c2cccc(N3C4=C(CC(C#N)C=C4)C4CCC=CC43)c2)OC1(C)C. The van der Waals surface area contributed by atoms with Crippen LogP contribution in [0.15, 0.2) is 59.8 Å². The molecule has 4 aliphatic rings. The van der Waals surface area contributed by atoms with Crippen molar-refractivity contribution in [2.45, 2.75) is 64.2 Å². The van der Waals surface area contributed by atoms with Gasteiger partial charge in [-0.3, -0.25) is 0 Å². The molecule has 0 saturated carbocycles. The van der Waals surface area contributed by atoms with Crippen molar-refractivity contribution >= 4 is 18.3 Å². The van der Waals surface area contributed by atoms with Gasteiger partial charge < -0.3 is 14.2 Å². The Morgan fingerprint density at radius 2 is 1.90 bits per heavy atom. The van der Waals surface area contributed by atoms with Crippen LogP contribution in [-0.4, -0.2) is 24.4 Å². The van der Waals surface area contributed by atoms with Gasteiger partial charge in [0.05, 0.1) is 29.2 Å². The molecule has 30 heavy (non-hydrogen) atoms. The molecule has 5 heteroatoms. The monoisotopic (exact) mass is 400 g/mol. The van der Waals surface area contributed by atoms with Crippen LogP contribution in [0.25, 0.3) is 0 Å². The van der Waals surface area contributed by atoms with E-state index in [0.717, 1.165) is 30.4 Å². The first-order valence-corrected chi connectivity index (χ1v) is 11.0. The Kier molecular flexibility index (Phi) is 4.50. The summed E-state index contributed by atoms with van der Waals surface area (Å²) in [7, 11) is -0.367. The normalized spacial score (nSPS) is 31.0. The number of hydrogen-bond acceptors (Lipinski definition) is 4. The van der Waals surface area contributed by atoms with Crippen molar-refractivity contribution in [1.82, 2.24) is 0 Å². The molecule has 0 spiro atoms. The summed E-state index contributed by atoms with van der Waals surface area (Å²) in [5.41, 5.74) is 4.22. The topological polar surface area (TPSA) is 45.5 Å². The van der Waals surface area contributed by atoms with Crippen LogP contribution in [0.4, 0.5) is 5.69 Å². The molecule has 3 atom stereocenters. The van der Waals surface area contributed by atoms with Gasteiger partial charge in [0.15, 0.2) is 0 Å². The van der Waals surface area contributed by atoms with Gasteiger partial charge in [0.25, 0.3) is 0 Å². The van der Waals surface area contributed by atoms with E-state index >= 15 is 0 Å². The van der Waals surface area contributed by atoms with Gasteiger partial charge in [-0.05, 0) is 76.2 Å². The van der Waals surface area contributed by atoms with Crippen LogP contribution in [0.5, 0.6) is 0 Å². The van der Waals surface area contributed by atoms with Gasteiger partial charge in [0, 0.05) is 17.3 Å². The molecular formula is C25H29BN2O2. The van der Waals surface area contributed by atoms with Crippen LogP contribution in [-0.2, 0) is 9.31 Å². The van der Waals surface area contributed by atoms with Crippen molar-refractivity contribution in [1.29, 1.82) is 5.26 Å². The van der Waals surface area contributed by atoms with Crippen LogP contribution in [0.2, 0.25) is 0 Å². The van der Waals surface area contributed by atoms with E-state index in [0.29, 0.717) is 12.0 Å². The maximum absolute atomic E-state index is 9.45. The molecule has 0 aromatic heterocycles. The average Bonchev–Trinajstić information content (AvgIpc) is 3.17.